The van der Waals surface area contributed by atoms with E-state index in [1.165, 1.54) is 7.11 Å². The van der Waals surface area contributed by atoms with Gasteiger partial charge in [-0.25, -0.2) is 4.98 Å². The van der Waals surface area contributed by atoms with Crippen LogP contribution in [0.5, 0.6) is 11.5 Å². The highest BCUT2D eigenvalue weighted by atomic mass is 35.5. The summed E-state index contributed by atoms with van der Waals surface area (Å²) in [5, 5.41) is 7.46. The lowest BCUT2D eigenvalue weighted by atomic mass is 9.61. The van der Waals surface area contributed by atoms with E-state index in [4.69, 9.17) is 21.1 Å². The molecule has 31 heavy (non-hydrogen) atoms. The van der Waals surface area contributed by atoms with Crippen molar-refractivity contribution in [1.82, 2.24) is 19.9 Å². The van der Waals surface area contributed by atoms with Gasteiger partial charge in [0.1, 0.15) is 17.1 Å². The van der Waals surface area contributed by atoms with Crippen LogP contribution in [0.4, 0.5) is 5.95 Å². The molecule has 2 aromatic heterocycles. The van der Waals surface area contributed by atoms with Crippen molar-refractivity contribution >= 4 is 28.6 Å². The van der Waals surface area contributed by atoms with Crippen LogP contribution in [0.25, 0.3) is 22.2 Å². The van der Waals surface area contributed by atoms with Crippen LogP contribution in [0.1, 0.15) is 18.9 Å². The lowest BCUT2D eigenvalue weighted by molar-refractivity contribution is 0.00785. The van der Waals surface area contributed by atoms with Crippen molar-refractivity contribution in [1.29, 1.82) is 0 Å². The van der Waals surface area contributed by atoms with E-state index in [1.807, 2.05) is 4.57 Å². The van der Waals surface area contributed by atoms with E-state index in [0.29, 0.717) is 44.7 Å². The first kappa shape index (κ1) is 20.1. The number of ether oxygens (including phenoxy) is 2. The molecule has 5 rings (SSSR count). The van der Waals surface area contributed by atoms with E-state index in [2.05, 4.69) is 20.6 Å². The number of nitrogens with one attached hydrogen (secondary N) is 2. The van der Waals surface area contributed by atoms with Gasteiger partial charge in [0.05, 0.1) is 19.2 Å². The second-order valence-electron chi connectivity index (χ2n) is 8.31. The van der Waals surface area contributed by atoms with Crippen molar-refractivity contribution in [3.8, 4) is 22.6 Å². The number of hydrogen-bond donors (Lipinski definition) is 2. The molecule has 2 aliphatic rings. The van der Waals surface area contributed by atoms with Gasteiger partial charge in [-0.3, -0.25) is 9.36 Å². The molecule has 0 radical (unpaired) electrons. The Bertz CT molecular complexity index is 1230. The molecule has 0 amide bonds. The zero-order valence-electron chi connectivity index (χ0n) is 17.7. The molecule has 2 fully saturated rings. The maximum Gasteiger partial charge on any atom is 0.260 e. The highest BCUT2D eigenvalue weighted by Gasteiger charge is 2.49. The van der Waals surface area contributed by atoms with Crippen LogP contribution < -0.4 is 25.7 Å². The Morgan fingerprint density at radius 2 is 1.97 bits per heavy atom. The first-order chi connectivity index (χ1) is 15.0. The molecule has 1 saturated heterocycles. The second kappa shape index (κ2) is 7.39. The van der Waals surface area contributed by atoms with Gasteiger partial charge in [0.15, 0.2) is 0 Å². The van der Waals surface area contributed by atoms with Gasteiger partial charge >= 0.3 is 0 Å². The molecule has 2 N–H and O–H groups in total. The van der Waals surface area contributed by atoms with Crippen LogP contribution in [0.15, 0.2) is 29.2 Å². The molecule has 1 aliphatic heterocycles. The first-order valence-electron chi connectivity index (χ1n) is 10.2. The fraction of sp³-hybridized carbons (Fsp3) is 0.409. The van der Waals surface area contributed by atoms with Crippen LogP contribution in [0, 0.1) is 5.41 Å². The van der Waals surface area contributed by atoms with E-state index in [-0.39, 0.29) is 11.6 Å². The Hall–Kier alpha value is -2.84. The maximum atomic E-state index is 13.8. The van der Waals surface area contributed by atoms with Crippen molar-refractivity contribution < 1.29 is 9.47 Å². The van der Waals surface area contributed by atoms with Crippen LogP contribution in [0.3, 0.4) is 0 Å². The topological polar surface area (TPSA) is 90.3 Å². The van der Waals surface area contributed by atoms with Crippen molar-refractivity contribution in [2.75, 3.05) is 39.7 Å². The molecule has 1 spiro atoms. The normalized spacial score (nSPS) is 17.3. The lowest BCUT2D eigenvalue weighted by Gasteiger charge is -2.54. The minimum Gasteiger partial charge on any atom is -0.497 e. The highest BCUT2D eigenvalue weighted by Crippen LogP contribution is 2.51. The van der Waals surface area contributed by atoms with E-state index in [0.717, 1.165) is 31.3 Å². The summed E-state index contributed by atoms with van der Waals surface area (Å²) in [6, 6.07) is 5.35. The molecule has 0 bridgehead atoms. The number of anilines is 1. The average molecular weight is 442 g/mol. The molecule has 3 aromatic rings. The van der Waals surface area contributed by atoms with Gasteiger partial charge in [-0.15, -0.1) is 0 Å². The predicted molar refractivity (Wildman–Crippen MR) is 120 cm³/mol. The van der Waals surface area contributed by atoms with Gasteiger partial charge in [0.2, 0.25) is 5.95 Å². The summed E-state index contributed by atoms with van der Waals surface area (Å²) in [4.78, 5) is 22.8. The Labute approximate surface area is 184 Å². The molecule has 1 aromatic carbocycles. The van der Waals surface area contributed by atoms with E-state index in [9.17, 15) is 4.79 Å². The molecule has 9 heteroatoms. The number of aromatic nitrogens is 3. The van der Waals surface area contributed by atoms with Gasteiger partial charge in [0.25, 0.3) is 5.56 Å². The van der Waals surface area contributed by atoms with E-state index in [1.54, 1.807) is 38.6 Å². The van der Waals surface area contributed by atoms with Crippen molar-refractivity contribution in [3.63, 3.8) is 0 Å². The smallest absolute Gasteiger partial charge is 0.260 e. The Balaban J connectivity index is 1.74. The van der Waals surface area contributed by atoms with Crippen LogP contribution in [-0.2, 0) is 0 Å². The molecule has 8 nitrogen and oxygen atoms in total. The van der Waals surface area contributed by atoms with Gasteiger partial charge in [-0.1, -0.05) is 11.6 Å². The zero-order valence-corrected chi connectivity index (χ0v) is 18.4. The van der Waals surface area contributed by atoms with Gasteiger partial charge < -0.3 is 20.1 Å². The number of methoxy groups -OCH3 is 2. The lowest BCUT2D eigenvalue weighted by Crippen LogP contribution is -2.61. The number of fused-ring (bicyclic) bond motifs is 1. The fourth-order valence-corrected chi connectivity index (χ4v) is 4.98. The molecule has 0 unspecified atom stereocenters. The fourth-order valence-electron chi connectivity index (χ4n) is 4.70. The summed E-state index contributed by atoms with van der Waals surface area (Å²) in [6.45, 7) is 2.01. The minimum atomic E-state index is -0.127. The van der Waals surface area contributed by atoms with E-state index >= 15 is 0 Å². The van der Waals surface area contributed by atoms with Crippen LogP contribution in [-0.4, -0.2) is 48.9 Å². The molecule has 1 aliphatic carbocycles. The summed E-state index contributed by atoms with van der Waals surface area (Å²) >= 11 is 6.62. The van der Waals surface area contributed by atoms with Gasteiger partial charge in [0, 0.05) is 55.0 Å². The first-order valence-corrected chi connectivity index (χ1v) is 10.6. The zero-order chi connectivity index (χ0) is 21.8. The highest BCUT2D eigenvalue weighted by molar-refractivity contribution is 6.35. The Morgan fingerprint density at radius 3 is 2.58 bits per heavy atom. The molecular weight excluding hydrogens is 418 g/mol. The summed E-state index contributed by atoms with van der Waals surface area (Å²) in [5.41, 5.74) is 1.85. The average Bonchev–Trinajstić information content (AvgIpc) is 2.72. The quantitative estimate of drug-likeness (QED) is 0.628. The third kappa shape index (κ3) is 3.13. The van der Waals surface area contributed by atoms with Gasteiger partial charge in [-0.05, 0) is 30.4 Å². The Kier molecular flexibility index (Phi) is 4.79. The van der Waals surface area contributed by atoms with Crippen LogP contribution in [0.2, 0.25) is 5.02 Å². The number of benzene rings is 1. The van der Waals surface area contributed by atoms with Gasteiger partial charge in [-0.2, -0.15) is 4.98 Å². The van der Waals surface area contributed by atoms with Crippen LogP contribution >= 0.6 is 11.6 Å². The third-order valence-corrected chi connectivity index (χ3v) is 6.85. The minimum absolute atomic E-state index is 0.0861. The Morgan fingerprint density at radius 1 is 1.19 bits per heavy atom. The molecule has 1 saturated carbocycles. The van der Waals surface area contributed by atoms with Crippen molar-refractivity contribution in [2.45, 2.75) is 18.9 Å². The monoisotopic (exact) mass is 441 g/mol. The number of rotatable bonds is 5. The molecule has 3 heterocycles. The molecule has 162 valence electrons. The number of hydrogen-bond acceptors (Lipinski definition) is 7. The standard InChI is InChI=1S/C22H24ClN5O3/c1-24-21-26-9-12-4-16(15-5-14(30-2)6-17(31-3)18(15)23)20(29)28(19(12)27-21)13-7-22(8-13)10-25-11-22/h4-6,9,13,25H,7-8,10-11H2,1-3H3,(H,24,26,27). The number of halogens is 1. The second-order valence-corrected chi connectivity index (χ2v) is 8.69. The largest absolute Gasteiger partial charge is 0.497 e. The predicted octanol–water partition coefficient (Wildman–Crippen LogP) is 3.10. The van der Waals surface area contributed by atoms with E-state index < -0.39 is 0 Å². The number of pyridine rings is 1. The summed E-state index contributed by atoms with van der Waals surface area (Å²) in [7, 11) is 4.87. The SMILES string of the molecule is CNc1ncc2cc(-c3cc(OC)cc(OC)c3Cl)c(=O)n(C3CC4(CNC4)C3)c2n1. The maximum absolute atomic E-state index is 13.8. The van der Waals surface area contributed by atoms with Crippen molar-refractivity contribution in [3.05, 3.63) is 39.8 Å². The summed E-state index contributed by atoms with van der Waals surface area (Å²) in [5.74, 6) is 1.49. The molecular formula is C22H24ClN5O3. The summed E-state index contributed by atoms with van der Waals surface area (Å²) < 4.78 is 12.6. The number of nitrogens with zero attached hydrogens (tertiary/aromatic N) is 3. The van der Waals surface area contributed by atoms with Crippen molar-refractivity contribution in [2.24, 2.45) is 5.41 Å². The third-order valence-electron chi connectivity index (χ3n) is 6.46. The molecule has 0 atom stereocenters. The summed E-state index contributed by atoms with van der Waals surface area (Å²) in [6.07, 6.45) is 3.64.